The molecule has 0 saturated carbocycles. The van der Waals surface area contributed by atoms with Crippen molar-refractivity contribution in [2.45, 2.75) is 6.42 Å². The fourth-order valence-corrected chi connectivity index (χ4v) is 4.37. The van der Waals surface area contributed by atoms with Gasteiger partial charge < -0.3 is 5.32 Å². The maximum atomic E-state index is 12.3. The van der Waals surface area contributed by atoms with Gasteiger partial charge in [-0.15, -0.1) is 22.7 Å². The summed E-state index contributed by atoms with van der Waals surface area (Å²) in [5.74, 6) is -0.113. The van der Waals surface area contributed by atoms with Gasteiger partial charge >= 0.3 is 0 Å². The number of carbonyl (C=O) groups excluding carboxylic acids is 1. The Balaban J connectivity index is 1.45. The molecule has 0 radical (unpaired) electrons. The molecule has 0 aliphatic rings. The number of rotatable bonds is 4. The van der Waals surface area contributed by atoms with Crippen LogP contribution in [0.15, 0.2) is 54.0 Å². The standard InChI is InChI=1S/C18H12ClN3OS2/c19-16-6-5-15(25-16)18-22-13(10-24-18)8-17(23)21-12-7-11-3-1-2-4-14(11)20-9-12/h1-7,9-10H,8H2,(H,21,23). The lowest BCUT2D eigenvalue weighted by molar-refractivity contribution is -0.115. The van der Waals surface area contributed by atoms with E-state index < -0.39 is 0 Å². The Kier molecular flexibility index (Phi) is 4.48. The lowest BCUT2D eigenvalue weighted by Gasteiger charge is -2.05. The van der Waals surface area contributed by atoms with Gasteiger partial charge in [0.25, 0.3) is 0 Å². The molecule has 3 aromatic heterocycles. The number of hydrogen-bond acceptors (Lipinski definition) is 5. The van der Waals surface area contributed by atoms with Crippen LogP contribution in [0.4, 0.5) is 5.69 Å². The van der Waals surface area contributed by atoms with Crippen molar-refractivity contribution in [3.63, 3.8) is 0 Å². The van der Waals surface area contributed by atoms with E-state index in [1.54, 1.807) is 6.20 Å². The van der Waals surface area contributed by atoms with Gasteiger partial charge in [-0.2, -0.15) is 0 Å². The normalized spacial score (nSPS) is 10.9. The molecule has 0 aliphatic carbocycles. The lowest BCUT2D eigenvalue weighted by atomic mass is 10.2. The van der Waals surface area contributed by atoms with Crippen molar-refractivity contribution in [1.82, 2.24) is 9.97 Å². The number of benzene rings is 1. The van der Waals surface area contributed by atoms with Crippen LogP contribution in [-0.2, 0) is 11.2 Å². The number of nitrogens with one attached hydrogen (secondary N) is 1. The average Bonchev–Trinajstić information content (AvgIpc) is 3.23. The van der Waals surface area contributed by atoms with Gasteiger partial charge in [-0.3, -0.25) is 9.78 Å². The molecular weight excluding hydrogens is 374 g/mol. The van der Waals surface area contributed by atoms with E-state index in [2.05, 4.69) is 15.3 Å². The van der Waals surface area contributed by atoms with Crippen molar-refractivity contribution in [1.29, 1.82) is 0 Å². The van der Waals surface area contributed by atoms with E-state index in [-0.39, 0.29) is 12.3 Å². The number of thiazole rings is 1. The number of hydrogen-bond donors (Lipinski definition) is 1. The number of nitrogens with zero attached hydrogens (tertiary/aromatic N) is 2. The van der Waals surface area contributed by atoms with Crippen LogP contribution in [0.25, 0.3) is 20.8 Å². The van der Waals surface area contributed by atoms with Gasteiger partial charge in [-0.1, -0.05) is 29.8 Å². The predicted molar refractivity (Wildman–Crippen MR) is 105 cm³/mol. The number of fused-ring (bicyclic) bond motifs is 1. The molecule has 0 spiro atoms. The fourth-order valence-electron chi connectivity index (χ4n) is 2.44. The Bertz CT molecular complexity index is 1060. The zero-order valence-electron chi connectivity index (χ0n) is 12.9. The van der Waals surface area contributed by atoms with Crippen molar-refractivity contribution in [2.75, 3.05) is 5.32 Å². The van der Waals surface area contributed by atoms with E-state index in [1.807, 2.05) is 47.8 Å². The van der Waals surface area contributed by atoms with Gasteiger partial charge in [0.1, 0.15) is 5.01 Å². The molecule has 0 unspecified atom stereocenters. The van der Waals surface area contributed by atoms with E-state index in [0.29, 0.717) is 5.69 Å². The maximum absolute atomic E-state index is 12.3. The molecule has 0 saturated heterocycles. The first kappa shape index (κ1) is 16.2. The first-order chi connectivity index (χ1) is 12.2. The molecule has 0 bridgehead atoms. The number of amides is 1. The molecule has 0 aliphatic heterocycles. The van der Waals surface area contributed by atoms with Crippen LogP contribution in [0.5, 0.6) is 0 Å². The Hall–Kier alpha value is -2.28. The molecule has 4 nitrogen and oxygen atoms in total. The van der Waals surface area contributed by atoms with Crippen molar-refractivity contribution in [3.05, 3.63) is 64.1 Å². The minimum Gasteiger partial charge on any atom is -0.324 e. The maximum Gasteiger partial charge on any atom is 0.230 e. The summed E-state index contributed by atoms with van der Waals surface area (Å²) >= 11 is 8.95. The molecule has 124 valence electrons. The van der Waals surface area contributed by atoms with Gasteiger partial charge in [0.05, 0.1) is 38.7 Å². The topological polar surface area (TPSA) is 54.9 Å². The Morgan fingerprint density at radius 2 is 2.08 bits per heavy atom. The smallest absolute Gasteiger partial charge is 0.230 e. The quantitative estimate of drug-likeness (QED) is 0.521. The number of para-hydroxylation sites is 1. The van der Waals surface area contributed by atoms with E-state index in [0.717, 1.165) is 30.8 Å². The van der Waals surface area contributed by atoms with Crippen molar-refractivity contribution < 1.29 is 4.79 Å². The van der Waals surface area contributed by atoms with E-state index in [1.165, 1.54) is 22.7 Å². The third-order valence-electron chi connectivity index (χ3n) is 3.55. The molecule has 7 heteroatoms. The number of carbonyl (C=O) groups is 1. The van der Waals surface area contributed by atoms with Crippen LogP contribution in [0, 0.1) is 0 Å². The second kappa shape index (κ2) is 6.92. The molecule has 4 rings (SSSR count). The minimum atomic E-state index is -0.113. The highest BCUT2D eigenvalue weighted by Gasteiger charge is 2.11. The Labute approximate surface area is 157 Å². The zero-order valence-corrected chi connectivity index (χ0v) is 15.3. The third-order valence-corrected chi connectivity index (χ3v) is 5.84. The number of anilines is 1. The number of pyridine rings is 1. The van der Waals surface area contributed by atoms with Gasteiger partial charge in [0.15, 0.2) is 0 Å². The van der Waals surface area contributed by atoms with Gasteiger partial charge in [-0.25, -0.2) is 4.98 Å². The van der Waals surface area contributed by atoms with Crippen molar-refractivity contribution >= 4 is 56.8 Å². The predicted octanol–water partition coefficient (Wildman–Crippen LogP) is 5.25. The van der Waals surface area contributed by atoms with Crippen LogP contribution >= 0.6 is 34.3 Å². The molecule has 25 heavy (non-hydrogen) atoms. The van der Waals surface area contributed by atoms with Crippen molar-refractivity contribution in [3.8, 4) is 9.88 Å². The summed E-state index contributed by atoms with van der Waals surface area (Å²) in [6, 6.07) is 13.5. The molecule has 4 aromatic rings. The van der Waals surface area contributed by atoms with E-state index >= 15 is 0 Å². The summed E-state index contributed by atoms with van der Waals surface area (Å²) in [5.41, 5.74) is 2.33. The highest BCUT2D eigenvalue weighted by molar-refractivity contribution is 7.23. The molecular formula is C18H12ClN3OS2. The molecule has 1 aromatic carbocycles. The Morgan fingerprint density at radius 1 is 1.20 bits per heavy atom. The summed E-state index contributed by atoms with van der Waals surface area (Å²) < 4.78 is 0.730. The van der Waals surface area contributed by atoms with Crippen LogP contribution < -0.4 is 5.32 Å². The van der Waals surface area contributed by atoms with Gasteiger partial charge in [0.2, 0.25) is 5.91 Å². The first-order valence-electron chi connectivity index (χ1n) is 7.52. The minimum absolute atomic E-state index is 0.113. The second-order valence-corrected chi connectivity index (χ2v) is 7.96. The molecule has 0 fully saturated rings. The lowest BCUT2D eigenvalue weighted by Crippen LogP contribution is -2.14. The number of thiophene rings is 1. The van der Waals surface area contributed by atoms with E-state index in [9.17, 15) is 4.79 Å². The summed E-state index contributed by atoms with van der Waals surface area (Å²) in [6.45, 7) is 0. The first-order valence-corrected chi connectivity index (χ1v) is 9.59. The average molecular weight is 386 g/mol. The third kappa shape index (κ3) is 3.71. The van der Waals surface area contributed by atoms with Gasteiger partial charge in [0, 0.05) is 10.8 Å². The molecule has 0 atom stereocenters. The molecule has 1 N–H and O–H groups in total. The highest BCUT2D eigenvalue weighted by atomic mass is 35.5. The zero-order chi connectivity index (χ0) is 17.2. The van der Waals surface area contributed by atoms with Crippen LogP contribution in [0.1, 0.15) is 5.69 Å². The molecule has 1 amide bonds. The second-order valence-electron chi connectivity index (χ2n) is 5.39. The van der Waals surface area contributed by atoms with Crippen molar-refractivity contribution in [2.24, 2.45) is 0 Å². The van der Waals surface area contributed by atoms with Gasteiger partial charge in [-0.05, 0) is 24.3 Å². The largest absolute Gasteiger partial charge is 0.324 e. The Morgan fingerprint density at radius 3 is 2.92 bits per heavy atom. The summed E-state index contributed by atoms with van der Waals surface area (Å²) in [4.78, 5) is 22.2. The summed E-state index contributed by atoms with van der Waals surface area (Å²) in [7, 11) is 0. The van der Waals surface area contributed by atoms with Crippen LogP contribution in [0.3, 0.4) is 0 Å². The highest BCUT2D eigenvalue weighted by Crippen LogP contribution is 2.33. The number of halogens is 1. The molecule has 3 heterocycles. The summed E-state index contributed by atoms with van der Waals surface area (Å²) in [5, 5.41) is 6.66. The van der Waals surface area contributed by atoms with Crippen LogP contribution in [-0.4, -0.2) is 15.9 Å². The van der Waals surface area contributed by atoms with E-state index in [4.69, 9.17) is 11.6 Å². The summed E-state index contributed by atoms with van der Waals surface area (Å²) in [6.07, 6.45) is 1.89. The van der Waals surface area contributed by atoms with Crippen LogP contribution in [0.2, 0.25) is 4.34 Å². The SMILES string of the molecule is O=C(Cc1csc(-c2ccc(Cl)s2)n1)Nc1cnc2ccccc2c1. The monoisotopic (exact) mass is 385 g/mol. The number of aromatic nitrogens is 2. The fraction of sp³-hybridized carbons (Fsp3) is 0.0556.